The average Bonchev–Trinajstić information content (AvgIpc) is 3.34. The van der Waals surface area contributed by atoms with Gasteiger partial charge in [-0.3, -0.25) is 14.5 Å². The van der Waals surface area contributed by atoms with Crippen LogP contribution in [0, 0.1) is 46.3 Å². The molecular formula is C28H39N3O. The summed E-state index contributed by atoms with van der Waals surface area (Å²) >= 11 is 0. The quantitative estimate of drug-likeness (QED) is 0.571. The molecule has 0 spiro atoms. The molecule has 32 heavy (non-hydrogen) atoms. The van der Waals surface area contributed by atoms with Gasteiger partial charge in [0.25, 0.3) is 0 Å². The minimum atomic E-state index is 0.192. The summed E-state index contributed by atoms with van der Waals surface area (Å²) in [6.45, 7) is 8.01. The third-order valence-corrected chi connectivity index (χ3v) is 11.0. The number of fused-ring (bicyclic) bond motifs is 6. The van der Waals surface area contributed by atoms with Gasteiger partial charge in [-0.15, -0.1) is 0 Å². The summed E-state index contributed by atoms with van der Waals surface area (Å²) in [5, 5.41) is 5.68. The molecule has 4 aliphatic rings. The van der Waals surface area contributed by atoms with Crippen LogP contribution < -0.4 is 0 Å². The molecule has 8 unspecified atom stereocenters. The zero-order chi connectivity index (χ0) is 22.1. The number of rotatable bonds is 3. The summed E-state index contributed by atoms with van der Waals surface area (Å²) in [6, 6.07) is 1.97. The van der Waals surface area contributed by atoms with Crippen molar-refractivity contribution >= 4 is 16.7 Å². The molecule has 0 radical (unpaired) electrons. The van der Waals surface area contributed by atoms with E-state index in [4.69, 9.17) is 0 Å². The lowest BCUT2D eigenvalue weighted by molar-refractivity contribution is -0.137. The van der Waals surface area contributed by atoms with E-state index in [1.165, 1.54) is 51.4 Å². The molecule has 4 heteroatoms. The Morgan fingerprint density at radius 1 is 1.06 bits per heavy atom. The molecular weight excluding hydrogens is 394 g/mol. The number of hydrogen-bond donors (Lipinski definition) is 0. The van der Waals surface area contributed by atoms with Crippen molar-refractivity contribution in [3.05, 3.63) is 24.7 Å². The van der Waals surface area contributed by atoms with Gasteiger partial charge in [0.15, 0.2) is 5.78 Å². The molecule has 0 aliphatic heterocycles. The van der Waals surface area contributed by atoms with Crippen LogP contribution in [-0.4, -0.2) is 20.5 Å². The first-order valence-corrected chi connectivity index (χ1v) is 13.2. The van der Waals surface area contributed by atoms with Gasteiger partial charge in [0.1, 0.15) is 5.52 Å². The van der Waals surface area contributed by atoms with Crippen LogP contribution in [0.4, 0.5) is 0 Å². The molecule has 0 aromatic carbocycles. The number of carbonyl (C=O) groups is 1. The van der Waals surface area contributed by atoms with Crippen molar-refractivity contribution in [3.8, 4) is 0 Å². The van der Waals surface area contributed by atoms with E-state index >= 15 is 0 Å². The van der Waals surface area contributed by atoms with Gasteiger partial charge in [-0.05, 0) is 97.9 Å². The van der Waals surface area contributed by atoms with E-state index < -0.39 is 0 Å². The number of Topliss-reactive ketones (excluding diaryl/α,β-unsaturated/α-hetero) is 1. The molecule has 0 bridgehead atoms. The molecule has 2 aromatic heterocycles. The van der Waals surface area contributed by atoms with Crippen LogP contribution in [0.15, 0.2) is 24.7 Å². The number of pyridine rings is 1. The van der Waals surface area contributed by atoms with Crippen molar-refractivity contribution in [1.82, 2.24) is 14.8 Å². The molecule has 0 saturated heterocycles. The van der Waals surface area contributed by atoms with E-state index in [-0.39, 0.29) is 11.3 Å². The number of carbonyl (C=O) groups excluding carboxylic acids is 1. The maximum atomic E-state index is 13.6. The van der Waals surface area contributed by atoms with E-state index in [9.17, 15) is 4.79 Å². The van der Waals surface area contributed by atoms with E-state index in [1.807, 2.05) is 16.9 Å². The van der Waals surface area contributed by atoms with Gasteiger partial charge in [0.05, 0.1) is 12.7 Å². The zero-order valence-corrected chi connectivity index (χ0v) is 20.1. The van der Waals surface area contributed by atoms with Gasteiger partial charge in [0, 0.05) is 23.7 Å². The van der Waals surface area contributed by atoms with Crippen LogP contribution in [0.1, 0.15) is 78.6 Å². The van der Waals surface area contributed by atoms with Gasteiger partial charge in [-0.1, -0.05) is 27.2 Å². The highest BCUT2D eigenvalue weighted by Gasteiger charge is 2.60. The predicted octanol–water partition coefficient (Wildman–Crippen LogP) is 6.30. The fourth-order valence-corrected chi connectivity index (χ4v) is 9.27. The van der Waals surface area contributed by atoms with E-state index in [0.29, 0.717) is 17.7 Å². The van der Waals surface area contributed by atoms with Crippen molar-refractivity contribution in [2.75, 3.05) is 0 Å². The summed E-state index contributed by atoms with van der Waals surface area (Å²) in [5.41, 5.74) is 1.63. The van der Waals surface area contributed by atoms with Crippen LogP contribution in [0.3, 0.4) is 0 Å². The molecule has 4 aliphatic carbocycles. The van der Waals surface area contributed by atoms with Crippen molar-refractivity contribution < 1.29 is 4.79 Å². The summed E-state index contributed by atoms with van der Waals surface area (Å²) in [6.07, 6.45) is 17.7. The second-order valence-corrected chi connectivity index (χ2v) is 12.4. The number of ketones is 1. The molecule has 4 saturated carbocycles. The topological polar surface area (TPSA) is 47.8 Å². The third-order valence-electron chi connectivity index (χ3n) is 11.0. The summed E-state index contributed by atoms with van der Waals surface area (Å²) < 4.78 is 1.85. The van der Waals surface area contributed by atoms with Crippen molar-refractivity contribution in [1.29, 1.82) is 0 Å². The Kier molecular flexibility index (Phi) is 4.82. The summed E-state index contributed by atoms with van der Waals surface area (Å²) in [4.78, 5) is 17.7. The van der Waals surface area contributed by atoms with Crippen molar-refractivity contribution in [2.45, 2.75) is 85.1 Å². The Morgan fingerprint density at radius 3 is 2.72 bits per heavy atom. The van der Waals surface area contributed by atoms with E-state index in [0.717, 1.165) is 46.9 Å². The molecule has 4 fully saturated rings. The Morgan fingerprint density at radius 2 is 1.88 bits per heavy atom. The van der Waals surface area contributed by atoms with Crippen LogP contribution in [0.5, 0.6) is 0 Å². The number of nitrogens with zero attached hydrogens (tertiary/aromatic N) is 3. The first kappa shape index (κ1) is 20.9. The predicted molar refractivity (Wildman–Crippen MR) is 127 cm³/mol. The van der Waals surface area contributed by atoms with Gasteiger partial charge in [-0.2, -0.15) is 5.10 Å². The molecule has 2 aromatic rings. The summed E-state index contributed by atoms with van der Waals surface area (Å²) in [7, 11) is 0. The largest absolute Gasteiger partial charge is 0.297 e. The molecule has 8 atom stereocenters. The normalized spacial score (nSPS) is 43.5. The first-order chi connectivity index (χ1) is 15.4. The molecule has 0 N–H and O–H groups in total. The fraction of sp³-hybridized carbons (Fsp3) is 0.750. The molecule has 6 rings (SSSR count). The number of aromatic nitrogens is 3. The van der Waals surface area contributed by atoms with E-state index in [1.54, 1.807) is 12.4 Å². The molecule has 0 amide bonds. The van der Waals surface area contributed by atoms with Crippen LogP contribution in [0.25, 0.3) is 10.9 Å². The zero-order valence-electron chi connectivity index (χ0n) is 20.1. The highest BCUT2D eigenvalue weighted by molar-refractivity contribution is 5.83. The van der Waals surface area contributed by atoms with Crippen LogP contribution in [-0.2, 0) is 11.3 Å². The van der Waals surface area contributed by atoms with Gasteiger partial charge in [0.2, 0.25) is 0 Å². The SMILES string of the molecule is CC1CCC2(C)C(CCC3C2CCC2(C)C(C(=O)Cn4cc5ccncc5n4)CCC32)C1. The summed E-state index contributed by atoms with van der Waals surface area (Å²) in [5.74, 6) is 4.95. The molecule has 2 heterocycles. The highest BCUT2D eigenvalue weighted by atomic mass is 16.1. The smallest absolute Gasteiger partial charge is 0.157 e. The minimum Gasteiger partial charge on any atom is -0.297 e. The van der Waals surface area contributed by atoms with Gasteiger partial charge in [-0.25, -0.2) is 0 Å². The van der Waals surface area contributed by atoms with Gasteiger partial charge < -0.3 is 0 Å². The van der Waals surface area contributed by atoms with Crippen LogP contribution in [0.2, 0.25) is 0 Å². The highest BCUT2D eigenvalue weighted by Crippen LogP contribution is 2.67. The maximum Gasteiger partial charge on any atom is 0.157 e. The average molecular weight is 434 g/mol. The molecule has 4 nitrogen and oxygen atoms in total. The Bertz CT molecular complexity index is 996. The Labute approximate surface area is 192 Å². The minimum absolute atomic E-state index is 0.192. The Hall–Kier alpha value is -1.71. The second kappa shape index (κ2) is 7.40. The number of hydrogen-bond acceptors (Lipinski definition) is 3. The standard InChI is InChI=1S/C28H39N3O/c1-18-8-11-27(2)20(14-18)4-5-21-22-6-7-24(28(22,3)12-9-23(21)27)26(32)17-31-16-19-10-13-29-15-25(19)30-31/h10,13,15-16,18,20-24H,4-9,11-12,14,17H2,1-3H3. The monoisotopic (exact) mass is 433 g/mol. The third kappa shape index (κ3) is 3.04. The lowest BCUT2D eigenvalue weighted by atomic mass is 9.44. The molecule has 172 valence electrons. The maximum absolute atomic E-state index is 13.6. The lowest BCUT2D eigenvalue weighted by Crippen LogP contribution is -2.53. The van der Waals surface area contributed by atoms with Crippen LogP contribution >= 0.6 is 0 Å². The Balaban J connectivity index is 1.21. The van der Waals surface area contributed by atoms with Crippen molar-refractivity contribution in [3.63, 3.8) is 0 Å². The second-order valence-electron chi connectivity index (χ2n) is 12.4. The van der Waals surface area contributed by atoms with Crippen molar-refractivity contribution in [2.24, 2.45) is 46.3 Å². The van der Waals surface area contributed by atoms with Gasteiger partial charge >= 0.3 is 0 Å². The lowest BCUT2D eigenvalue weighted by Gasteiger charge is -2.61. The first-order valence-electron chi connectivity index (χ1n) is 13.2. The van der Waals surface area contributed by atoms with E-state index in [2.05, 4.69) is 30.9 Å². The fourth-order valence-electron chi connectivity index (χ4n) is 9.27.